The van der Waals surface area contributed by atoms with Gasteiger partial charge in [0.25, 0.3) is 0 Å². The summed E-state index contributed by atoms with van der Waals surface area (Å²) in [5.74, 6) is -0.871. The zero-order valence-corrected chi connectivity index (χ0v) is 12.8. The van der Waals surface area contributed by atoms with Gasteiger partial charge < -0.3 is 0 Å². The highest BCUT2D eigenvalue weighted by Crippen LogP contribution is 2.32. The second kappa shape index (κ2) is 5.72. The number of nitrogens with zero attached hydrogens (tertiary/aromatic N) is 4. The number of imidazole rings is 1. The minimum absolute atomic E-state index is 0.0570. The van der Waals surface area contributed by atoms with E-state index in [0.717, 1.165) is 10.3 Å². The zero-order chi connectivity index (χ0) is 16.7. The van der Waals surface area contributed by atoms with Crippen LogP contribution in [0.15, 0.2) is 55.0 Å². The van der Waals surface area contributed by atoms with Crippen molar-refractivity contribution >= 4 is 18.0 Å². The lowest BCUT2D eigenvalue weighted by molar-refractivity contribution is 0.573. The highest BCUT2D eigenvalue weighted by molar-refractivity contribution is 7.92. The van der Waals surface area contributed by atoms with E-state index in [9.17, 15) is 12.7 Å². The van der Waals surface area contributed by atoms with Gasteiger partial charge in [-0.05, 0) is 36.4 Å². The Labute approximate surface area is 139 Å². The summed E-state index contributed by atoms with van der Waals surface area (Å²) in [7, 11) is 0. The minimum atomic E-state index is -0.498. The summed E-state index contributed by atoms with van der Waals surface area (Å²) in [6.45, 7) is 0. The molecule has 3 heterocycles. The van der Waals surface area contributed by atoms with Crippen molar-refractivity contribution in [3.8, 4) is 22.4 Å². The molecule has 4 aromatic rings. The Bertz CT molecular complexity index is 1020. The Hall–Kier alpha value is -2.74. The van der Waals surface area contributed by atoms with E-state index in [-0.39, 0.29) is 18.2 Å². The van der Waals surface area contributed by atoms with Gasteiger partial charge in [0.05, 0.1) is 6.20 Å². The van der Waals surface area contributed by atoms with Gasteiger partial charge >= 0.3 is 0 Å². The SMILES string of the molecule is FSn1cc(-c2ccc3ncc(F)n3c2)c(-c2ccc(F)cc2)n1. The van der Waals surface area contributed by atoms with E-state index >= 15 is 0 Å². The van der Waals surface area contributed by atoms with Crippen LogP contribution in [-0.2, 0) is 0 Å². The topological polar surface area (TPSA) is 35.1 Å². The molecule has 3 aromatic heterocycles. The Morgan fingerprint density at radius 3 is 2.42 bits per heavy atom. The average Bonchev–Trinajstić information content (AvgIpc) is 3.19. The second-order valence-corrected chi connectivity index (χ2v) is 5.61. The van der Waals surface area contributed by atoms with Crippen LogP contribution in [0.5, 0.6) is 0 Å². The molecule has 0 N–H and O–H groups in total. The first-order valence-corrected chi connectivity index (χ1v) is 7.61. The molecule has 0 fully saturated rings. The lowest BCUT2D eigenvalue weighted by Gasteiger charge is -2.04. The first-order chi connectivity index (χ1) is 11.7. The van der Waals surface area contributed by atoms with Gasteiger partial charge in [0.2, 0.25) is 5.95 Å². The summed E-state index contributed by atoms with van der Waals surface area (Å²) in [6.07, 6.45) is 4.19. The van der Waals surface area contributed by atoms with E-state index < -0.39 is 5.95 Å². The molecule has 0 bridgehead atoms. The molecule has 0 saturated carbocycles. The smallest absolute Gasteiger partial charge is 0.217 e. The number of halogens is 3. The lowest BCUT2D eigenvalue weighted by atomic mass is 10.0. The molecule has 0 spiro atoms. The van der Waals surface area contributed by atoms with E-state index in [0.29, 0.717) is 28.0 Å². The Kier molecular flexibility index (Phi) is 3.53. The molecule has 0 aliphatic carbocycles. The van der Waals surface area contributed by atoms with Crippen LogP contribution in [0, 0.1) is 11.8 Å². The van der Waals surface area contributed by atoms with Gasteiger partial charge in [0.15, 0.2) is 12.3 Å². The van der Waals surface area contributed by atoms with Crippen LogP contribution in [0.1, 0.15) is 0 Å². The third-order valence-corrected chi connectivity index (χ3v) is 3.98. The number of hydrogen-bond acceptors (Lipinski definition) is 3. The van der Waals surface area contributed by atoms with Crippen LogP contribution in [0.25, 0.3) is 28.0 Å². The maximum atomic E-state index is 13.8. The Balaban J connectivity index is 1.91. The monoisotopic (exact) mass is 346 g/mol. The summed E-state index contributed by atoms with van der Waals surface area (Å²) >= 11 is -0.0570. The predicted molar refractivity (Wildman–Crippen MR) is 85.9 cm³/mol. The summed E-state index contributed by atoms with van der Waals surface area (Å²) < 4.78 is 42.2. The number of rotatable bonds is 3. The number of pyridine rings is 1. The van der Waals surface area contributed by atoms with Crippen LogP contribution < -0.4 is 0 Å². The number of fused-ring (bicyclic) bond motifs is 1. The Morgan fingerprint density at radius 1 is 0.917 bits per heavy atom. The Morgan fingerprint density at radius 2 is 1.67 bits per heavy atom. The van der Waals surface area contributed by atoms with Crippen LogP contribution in [0.3, 0.4) is 0 Å². The molecule has 0 radical (unpaired) electrons. The molecule has 4 rings (SSSR count). The van der Waals surface area contributed by atoms with Gasteiger partial charge in [-0.2, -0.15) is 13.6 Å². The van der Waals surface area contributed by atoms with Gasteiger partial charge in [-0.1, -0.05) is 0 Å². The van der Waals surface area contributed by atoms with Gasteiger partial charge in [-0.3, -0.25) is 4.40 Å². The van der Waals surface area contributed by atoms with Gasteiger partial charge in [0.1, 0.15) is 17.2 Å². The molecule has 4 nitrogen and oxygen atoms in total. The largest absolute Gasteiger partial charge is 0.276 e. The molecule has 0 atom stereocenters. The van der Waals surface area contributed by atoms with Crippen LogP contribution in [0.4, 0.5) is 12.7 Å². The summed E-state index contributed by atoms with van der Waals surface area (Å²) in [6, 6.07) is 9.14. The maximum absolute atomic E-state index is 13.8. The summed E-state index contributed by atoms with van der Waals surface area (Å²) in [5, 5.41) is 4.16. The molecule has 8 heteroatoms. The van der Waals surface area contributed by atoms with E-state index in [2.05, 4.69) is 10.1 Å². The molecule has 0 unspecified atom stereocenters. The highest BCUT2D eigenvalue weighted by Gasteiger charge is 2.15. The average molecular weight is 346 g/mol. The van der Waals surface area contributed by atoms with E-state index in [4.69, 9.17) is 0 Å². The van der Waals surface area contributed by atoms with Crippen molar-refractivity contribution in [3.05, 3.63) is 66.8 Å². The first-order valence-electron chi connectivity index (χ1n) is 6.93. The summed E-state index contributed by atoms with van der Waals surface area (Å²) in [4.78, 5) is 3.93. The molecule has 0 aliphatic rings. The minimum Gasteiger partial charge on any atom is -0.276 e. The third-order valence-electron chi connectivity index (χ3n) is 3.65. The van der Waals surface area contributed by atoms with E-state index in [1.54, 1.807) is 30.5 Å². The van der Waals surface area contributed by atoms with E-state index in [1.807, 2.05) is 0 Å². The lowest BCUT2D eigenvalue weighted by Crippen LogP contribution is -1.90. The zero-order valence-electron chi connectivity index (χ0n) is 12.0. The quantitative estimate of drug-likeness (QED) is 0.547. The highest BCUT2D eigenvalue weighted by atomic mass is 32.2. The van der Waals surface area contributed by atoms with Gasteiger partial charge in [0, 0.05) is 29.1 Å². The van der Waals surface area contributed by atoms with E-state index in [1.165, 1.54) is 22.7 Å². The number of benzene rings is 1. The number of aromatic nitrogens is 4. The molecule has 0 aliphatic heterocycles. The van der Waals surface area contributed by atoms with Crippen molar-refractivity contribution in [1.29, 1.82) is 0 Å². The van der Waals surface area contributed by atoms with Crippen molar-refractivity contribution in [2.45, 2.75) is 0 Å². The molecule has 24 heavy (non-hydrogen) atoms. The second-order valence-electron chi connectivity index (χ2n) is 5.10. The summed E-state index contributed by atoms with van der Waals surface area (Å²) in [5.41, 5.74) is 2.80. The fraction of sp³-hybridized carbons (Fsp3) is 0. The van der Waals surface area contributed by atoms with Crippen molar-refractivity contribution in [3.63, 3.8) is 0 Å². The predicted octanol–water partition coefficient (Wildman–Crippen LogP) is 4.52. The molecule has 120 valence electrons. The first kappa shape index (κ1) is 14.8. The number of hydrogen-bond donors (Lipinski definition) is 0. The molecular weight excluding hydrogens is 337 g/mol. The third kappa shape index (κ3) is 2.44. The normalized spacial score (nSPS) is 11.3. The van der Waals surface area contributed by atoms with Crippen LogP contribution in [0.2, 0.25) is 0 Å². The van der Waals surface area contributed by atoms with Crippen molar-refractivity contribution in [2.75, 3.05) is 0 Å². The van der Waals surface area contributed by atoms with Crippen LogP contribution >= 0.6 is 12.3 Å². The van der Waals surface area contributed by atoms with Crippen LogP contribution in [-0.4, -0.2) is 18.6 Å². The molecule has 1 aromatic carbocycles. The molecular formula is C16H9F3N4S. The van der Waals surface area contributed by atoms with Crippen molar-refractivity contribution in [2.24, 2.45) is 0 Å². The van der Waals surface area contributed by atoms with Crippen molar-refractivity contribution < 1.29 is 12.7 Å². The van der Waals surface area contributed by atoms with Gasteiger partial charge in [-0.15, -0.1) is 3.89 Å². The fourth-order valence-electron chi connectivity index (χ4n) is 2.53. The maximum Gasteiger partial charge on any atom is 0.217 e. The molecule has 0 saturated heterocycles. The van der Waals surface area contributed by atoms with Gasteiger partial charge in [-0.25, -0.2) is 9.37 Å². The molecule has 0 amide bonds. The standard InChI is InChI=1S/C16H9F3N4S/c17-12-4-1-10(2-5-12)16-13(9-23(21-16)24-19)11-3-6-15-20-7-14(18)22(15)8-11/h1-9H. The fourth-order valence-corrected chi connectivity index (χ4v) is 2.79. The van der Waals surface area contributed by atoms with Crippen molar-refractivity contribution in [1.82, 2.24) is 18.6 Å².